The Hall–Kier alpha value is -2.53. The lowest BCUT2D eigenvalue weighted by molar-refractivity contribution is -0.115. The second-order valence-electron chi connectivity index (χ2n) is 6.79. The molecule has 5 nitrogen and oxygen atoms in total. The number of anilines is 1. The Morgan fingerprint density at radius 3 is 2.50 bits per heavy atom. The summed E-state index contributed by atoms with van der Waals surface area (Å²) in [7, 11) is 1.64. The zero-order valence-electron chi connectivity index (χ0n) is 17.0. The lowest BCUT2D eigenvalue weighted by atomic mass is 10.2. The third kappa shape index (κ3) is 8.44. The molecule has 152 valence electrons. The summed E-state index contributed by atoms with van der Waals surface area (Å²) in [5.41, 5.74) is 1.85. The fraction of sp³-hybridized carbons (Fsp3) is 0.435. The van der Waals surface area contributed by atoms with Crippen molar-refractivity contribution in [3.05, 3.63) is 54.1 Å². The lowest BCUT2D eigenvalue weighted by Crippen LogP contribution is -2.27. The average molecular weight is 385 g/mol. The zero-order chi connectivity index (χ0) is 20.0. The van der Waals surface area contributed by atoms with E-state index < -0.39 is 0 Å². The van der Waals surface area contributed by atoms with Crippen LogP contribution in [0.3, 0.4) is 0 Å². The molecule has 0 spiro atoms. The Morgan fingerprint density at radius 1 is 0.964 bits per heavy atom. The maximum atomic E-state index is 12.1. The summed E-state index contributed by atoms with van der Waals surface area (Å²) in [5, 5.41) is 6.05. The van der Waals surface area contributed by atoms with Crippen LogP contribution in [0.25, 0.3) is 0 Å². The van der Waals surface area contributed by atoms with Gasteiger partial charge >= 0.3 is 0 Å². The molecule has 0 bridgehead atoms. The third-order valence-corrected chi connectivity index (χ3v) is 4.41. The largest absolute Gasteiger partial charge is 0.497 e. The summed E-state index contributed by atoms with van der Waals surface area (Å²) in [6.07, 6.45) is 6.06. The minimum atomic E-state index is -0.0785. The number of methoxy groups -OCH3 is 1. The Balaban J connectivity index is 1.68. The summed E-state index contributed by atoms with van der Waals surface area (Å²) in [6.45, 7) is 3.79. The fourth-order valence-electron chi connectivity index (χ4n) is 2.83. The van der Waals surface area contributed by atoms with Gasteiger partial charge in [-0.3, -0.25) is 4.79 Å². The first-order chi connectivity index (χ1) is 13.7. The predicted octanol–water partition coefficient (Wildman–Crippen LogP) is 4.77. The van der Waals surface area contributed by atoms with E-state index in [4.69, 9.17) is 9.47 Å². The molecule has 28 heavy (non-hydrogen) atoms. The predicted molar refractivity (Wildman–Crippen MR) is 114 cm³/mol. The van der Waals surface area contributed by atoms with Crippen LogP contribution in [0, 0.1) is 0 Å². The molecule has 0 heterocycles. The molecule has 0 aliphatic carbocycles. The Morgan fingerprint density at radius 2 is 1.75 bits per heavy atom. The van der Waals surface area contributed by atoms with E-state index >= 15 is 0 Å². The van der Waals surface area contributed by atoms with Crippen LogP contribution in [-0.2, 0) is 11.3 Å². The van der Waals surface area contributed by atoms with Gasteiger partial charge < -0.3 is 20.1 Å². The topological polar surface area (TPSA) is 59.6 Å². The van der Waals surface area contributed by atoms with Gasteiger partial charge in [0.15, 0.2) is 0 Å². The molecule has 2 aromatic carbocycles. The van der Waals surface area contributed by atoms with Gasteiger partial charge in [-0.15, -0.1) is 0 Å². The number of carbonyl (C=O) groups excluding carboxylic acids is 1. The summed E-state index contributed by atoms with van der Waals surface area (Å²) in [6, 6.07) is 15.3. The smallest absolute Gasteiger partial charge is 0.238 e. The minimum absolute atomic E-state index is 0.0785. The summed E-state index contributed by atoms with van der Waals surface area (Å²) in [5.74, 6) is 1.54. The van der Waals surface area contributed by atoms with Crippen molar-refractivity contribution in [1.82, 2.24) is 5.32 Å². The average Bonchev–Trinajstić information content (AvgIpc) is 2.71. The van der Waals surface area contributed by atoms with Crippen molar-refractivity contribution in [2.45, 2.75) is 45.6 Å². The first kappa shape index (κ1) is 21.8. The highest BCUT2D eigenvalue weighted by Gasteiger charge is 2.04. The van der Waals surface area contributed by atoms with Gasteiger partial charge in [-0.2, -0.15) is 0 Å². The van der Waals surface area contributed by atoms with Gasteiger partial charge in [0, 0.05) is 18.3 Å². The molecule has 0 unspecified atom stereocenters. The molecule has 0 radical (unpaired) electrons. The van der Waals surface area contributed by atoms with Crippen LogP contribution < -0.4 is 20.1 Å². The molecule has 0 atom stereocenters. The first-order valence-corrected chi connectivity index (χ1v) is 10.1. The Labute approximate surface area is 168 Å². The molecule has 2 N–H and O–H groups in total. The second kappa shape index (κ2) is 12.8. The number of hydrogen-bond acceptors (Lipinski definition) is 4. The van der Waals surface area contributed by atoms with E-state index in [2.05, 4.69) is 17.6 Å². The second-order valence-corrected chi connectivity index (χ2v) is 6.79. The molecule has 0 aromatic heterocycles. The van der Waals surface area contributed by atoms with Crippen molar-refractivity contribution in [3.63, 3.8) is 0 Å². The van der Waals surface area contributed by atoms with Gasteiger partial charge in [-0.1, -0.05) is 50.8 Å². The van der Waals surface area contributed by atoms with E-state index in [1.807, 2.05) is 48.5 Å². The fourth-order valence-corrected chi connectivity index (χ4v) is 2.83. The monoisotopic (exact) mass is 384 g/mol. The van der Waals surface area contributed by atoms with Crippen molar-refractivity contribution in [2.24, 2.45) is 0 Å². The molecule has 2 rings (SSSR count). The third-order valence-electron chi connectivity index (χ3n) is 4.41. The van der Waals surface area contributed by atoms with Gasteiger partial charge in [0.25, 0.3) is 0 Å². The molecule has 0 aliphatic rings. The van der Waals surface area contributed by atoms with E-state index in [9.17, 15) is 4.79 Å². The van der Waals surface area contributed by atoms with Gasteiger partial charge in [-0.05, 0) is 36.2 Å². The van der Waals surface area contributed by atoms with E-state index in [1.54, 1.807) is 7.11 Å². The summed E-state index contributed by atoms with van der Waals surface area (Å²) in [4.78, 5) is 12.1. The van der Waals surface area contributed by atoms with Gasteiger partial charge in [0.2, 0.25) is 5.91 Å². The number of ether oxygens (including phenoxy) is 2. The van der Waals surface area contributed by atoms with Crippen LogP contribution in [0.5, 0.6) is 11.5 Å². The van der Waals surface area contributed by atoms with Crippen LogP contribution in [0.2, 0.25) is 0 Å². The first-order valence-electron chi connectivity index (χ1n) is 10.1. The summed E-state index contributed by atoms with van der Waals surface area (Å²) >= 11 is 0. The Kier molecular flexibility index (Phi) is 9.94. The zero-order valence-corrected chi connectivity index (χ0v) is 17.0. The van der Waals surface area contributed by atoms with Crippen LogP contribution in [-0.4, -0.2) is 26.2 Å². The molecular formula is C23H32N2O3. The van der Waals surface area contributed by atoms with Crippen molar-refractivity contribution in [3.8, 4) is 11.5 Å². The minimum Gasteiger partial charge on any atom is -0.497 e. The van der Waals surface area contributed by atoms with Crippen molar-refractivity contribution < 1.29 is 14.3 Å². The number of unbranched alkanes of at least 4 members (excludes halogenated alkanes) is 4. The SMILES string of the molecule is CCCCCCCOc1cccc(NC(=O)CNCc2ccc(OC)cc2)c1. The number of carbonyl (C=O) groups is 1. The van der Waals surface area contributed by atoms with Crippen molar-refractivity contribution in [1.29, 1.82) is 0 Å². The van der Waals surface area contributed by atoms with Crippen molar-refractivity contribution in [2.75, 3.05) is 25.6 Å². The van der Waals surface area contributed by atoms with Crippen LogP contribution in [0.1, 0.15) is 44.6 Å². The van der Waals surface area contributed by atoms with E-state index in [0.29, 0.717) is 13.2 Å². The highest BCUT2D eigenvalue weighted by molar-refractivity contribution is 5.92. The van der Waals surface area contributed by atoms with E-state index in [0.717, 1.165) is 29.2 Å². The van der Waals surface area contributed by atoms with Gasteiger partial charge in [0.1, 0.15) is 11.5 Å². The van der Waals surface area contributed by atoms with Gasteiger partial charge in [-0.25, -0.2) is 0 Å². The number of hydrogen-bond donors (Lipinski definition) is 2. The van der Waals surface area contributed by atoms with Crippen molar-refractivity contribution >= 4 is 11.6 Å². The van der Waals surface area contributed by atoms with Crippen LogP contribution in [0.15, 0.2) is 48.5 Å². The van der Waals surface area contributed by atoms with E-state index in [1.165, 1.54) is 25.7 Å². The quantitative estimate of drug-likeness (QED) is 0.488. The maximum Gasteiger partial charge on any atom is 0.238 e. The van der Waals surface area contributed by atoms with Crippen LogP contribution in [0.4, 0.5) is 5.69 Å². The summed E-state index contributed by atoms with van der Waals surface area (Å²) < 4.78 is 10.9. The molecule has 0 fully saturated rings. The molecule has 0 aliphatic heterocycles. The highest BCUT2D eigenvalue weighted by atomic mass is 16.5. The number of amides is 1. The number of rotatable bonds is 13. The standard InChI is InChI=1S/C23H32N2O3/c1-3-4-5-6-7-15-28-22-10-8-9-20(16-22)25-23(26)18-24-17-19-11-13-21(27-2)14-12-19/h8-14,16,24H,3-7,15,17-18H2,1-2H3,(H,25,26). The van der Waals surface area contributed by atoms with Crippen LogP contribution >= 0.6 is 0 Å². The number of benzene rings is 2. The highest BCUT2D eigenvalue weighted by Crippen LogP contribution is 2.18. The molecule has 2 aromatic rings. The molecule has 0 saturated heterocycles. The molecule has 5 heteroatoms. The normalized spacial score (nSPS) is 10.5. The lowest BCUT2D eigenvalue weighted by Gasteiger charge is -2.10. The maximum absolute atomic E-state index is 12.1. The molecule has 1 amide bonds. The van der Waals surface area contributed by atoms with E-state index in [-0.39, 0.29) is 12.5 Å². The molecule has 0 saturated carbocycles. The van der Waals surface area contributed by atoms with Gasteiger partial charge in [0.05, 0.1) is 20.3 Å². The number of nitrogens with one attached hydrogen (secondary N) is 2. The Bertz CT molecular complexity index is 701. The molecular weight excluding hydrogens is 352 g/mol.